The second-order valence-electron chi connectivity index (χ2n) is 5.67. The van der Waals surface area contributed by atoms with Crippen LogP contribution in [0.25, 0.3) is 0 Å². The lowest BCUT2D eigenvalue weighted by molar-refractivity contribution is -0.117. The number of nitrogens with zero attached hydrogens (tertiary/aromatic N) is 2. The van der Waals surface area contributed by atoms with E-state index in [0.717, 1.165) is 31.9 Å². The Labute approximate surface area is 136 Å². The highest BCUT2D eigenvalue weighted by atomic mass is 32.2. The van der Waals surface area contributed by atoms with Gasteiger partial charge in [-0.3, -0.25) is 9.69 Å². The van der Waals surface area contributed by atoms with E-state index in [1.54, 1.807) is 12.1 Å². The molecule has 2 N–H and O–H groups in total. The number of nitrogens with two attached hydrogens (primary N) is 1. The molecule has 1 aliphatic rings. The molecule has 23 heavy (non-hydrogen) atoms. The molecule has 1 aliphatic heterocycles. The van der Waals surface area contributed by atoms with Gasteiger partial charge >= 0.3 is 0 Å². The molecule has 0 radical (unpaired) electrons. The summed E-state index contributed by atoms with van der Waals surface area (Å²) in [6, 6.07) is 6.37. The van der Waals surface area contributed by atoms with Crippen molar-refractivity contribution in [2.24, 2.45) is 5.73 Å². The van der Waals surface area contributed by atoms with Crippen LogP contribution in [0.15, 0.2) is 24.3 Å². The van der Waals surface area contributed by atoms with E-state index in [-0.39, 0.29) is 23.7 Å². The van der Waals surface area contributed by atoms with Gasteiger partial charge in [0.2, 0.25) is 5.91 Å². The lowest BCUT2D eigenvalue weighted by Gasteiger charge is -2.36. The Morgan fingerprint density at radius 1 is 1.09 bits per heavy atom. The van der Waals surface area contributed by atoms with Crippen molar-refractivity contribution in [2.75, 3.05) is 49.1 Å². The van der Waals surface area contributed by atoms with Gasteiger partial charge in [-0.15, -0.1) is 0 Å². The predicted molar refractivity (Wildman–Crippen MR) is 87.5 cm³/mol. The molecule has 0 aromatic heterocycles. The maximum Gasteiger partial charge on any atom is 0.218 e. The van der Waals surface area contributed by atoms with E-state index in [2.05, 4.69) is 9.80 Å². The van der Waals surface area contributed by atoms with Gasteiger partial charge in [-0.1, -0.05) is 0 Å². The molecule has 6 nitrogen and oxygen atoms in total. The maximum atomic E-state index is 12.9. The monoisotopic (exact) mass is 343 g/mol. The number of primary amides is 1. The molecule has 0 saturated carbocycles. The molecule has 0 unspecified atom stereocenters. The summed E-state index contributed by atoms with van der Waals surface area (Å²) in [4.78, 5) is 14.9. The van der Waals surface area contributed by atoms with Crippen LogP contribution in [0.5, 0.6) is 0 Å². The number of anilines is 1. The van der Waals surface area contributed by atoms with Crippen molar-refractivity contribution in [2.45, 2.75) is 6.42 Å². The minimum atomic E-state index is -3.24. The molecule has 128 valence electrons. The van der Waals surface area contributed by atoms with Gasteiger partial charge in [-0.25, -0.2) is 12.8 Å². The summed E-state index contributed by atoms with van der Waals surface area (Å²) in [5.41, 5.74) is 5.95. The van der Waals surface area contributed by atoms with Crippen LogP contribution in [-0.2, 0) is 14.6 Å². The third-order valence-electron chi connectivity index (χ3n) is 3.94. The second-order valence-corrected chi connectivity index (χ2v) is 7.98. The molecule has 0 bridgehead atoms. The predicted octanol–water partition coefficient (Wildman–Crippen LogP) is 0.238. The molecular weight excluding hydrogens is 321 g/mol. The second kappa shape index (κ2) is 7.74. The highest BCUT2D eigenvalue weighted by Gasteiger charge is 2.20. The number of carbonyl (C=O) groups excluding carboxylic acids is 1. The van der Waals surface area contributed by atoms with Crippen LogP contribution in [0.2, 0.25) is 0 Å². The lowest BCUT2D eigenvalue weighted by Crippen LogP contribution is -2.47. The van der Waals surface area contributed by atoms with Gasteiger partial charge in [0.15, 0.2) is 9.84 Å². The Balaban J connectivity index is 1.76. The molecule has 0 spiro atoms. The van der Waals surface area contributed by atoms with Crippen LogP contribution in [0, 0.1) is 5.82 Å². The van der Waals surface area contributed by atoms with Crippen molar-refractivity contribution >= 4 is 21.4 Å². The number of halogens is 1. The topological polar surface area (TPSA) is 83.7 Å². The first-order valence-electron chi connectivity index (χ1n) is 7.57. The highest BCUT2D eigenvalue weighted by molar-refractivity contribution is 7.91. The molecule has 0 atom stereocenters. The lowest BCUT2D eigenvalue weighted by atomic mass is 10.2. The largest absolute Gasteiger partial charge is 0.370 e. The van der Waals surface area contributed by atoms with Crippen molar-refractivity contribution in [3.63, 3.8) is 0 Å². The van der Waals surface area contributed by atoms with E-state index in [4.69, 9.17) is 5.73 Å². The summed E-state index contributed by atoms with van der Waals surface area (Å²) in [6.45, 7) is 3.50. The van der Waals surface area contributed by atoms with Crippen LogP contribution >= 0.6 is 0 Å². The number of benzene rings is 1. The third kappa shape index (κ3) is 5.80. The molecule has 1 saturated heterocycles. The van der Waals surface area contributed by atoms with Crippen molar-refractivity contribution in [1.82, 2.24) is 4.90 Å². The van der Waals surface area contributed by atoms with Gasteiger partial charge in [0.1, 0.15) is 5.82 Å². The van der Waals surface area contributed by atoms with E-state index in [9.17, 15) is 17.6 Å². The molecule has 2 rings (SSSR count). The average Bonchev–Trinajstić information content (AvgIpc) is 2.53. The van der Waals surface area contributed by atoms with E-state index >= 15 is 0 Å². The molecule has 1 amide bonds. The van der Waals surface area contributed by atoms with Crippen molar-refractivity contribution in [3.8, 4) is 0 Å². The standard InChI is InChI=1S/C15H22FN3O3S/c16-13-1-3-14(4-2-13)19-8-6-18(7-9-19)10-12-23(21,22)11-5-15(17)20/h1-4H,5-12H2,(H2,17,20). The maximum absolute atomic E-state index is 12.9. The van der Waals surface area contributed by atoms with Crippen LogP contribution in [0.4, 0.5) is 10.1 Å². The first-order chi connectivity index (χ1) is 10.9. The van der Waals surface area contributed by atoms with E-state index < -0.39 is 15.7 Å². The van der Waals surface area contributed by atoms with Crippen molar-refractivity contribution in [3.05, 3.63) is 30.1 Å². The Morgan fingerprint density at radius 2 is 1.70 bits per heavy atom. The molecular formula is C15H22FN3O3S. The quantitative estimate of drug-likeness (QED) is 0.767. The first kappa shape index (κ1) is 17.7. The molecule has 1 aromatic rings. The zero-order valence-electron chi connectivity index (χ0n) is 12.9. The van der Waals surface area contributed by atoms with Gasteiger partial charge in [0.25, 0.3) is 0 Å². The van der Waals surface area contributed by atoms with E-state index in [0.29, 0.717) is 6.54 Å². The van der Waals surface area contributed by atoms with Gasteiger partial charge in [-0.2, -0.15) is 0 Å². The van der Waals surface area contributed by atoms with Crippen molar-refractivity contribution in [1.29, 1.82) is 0 Å². The molecule has 1 fully saturated rings. The van der Waals surface area contributed by atoms with Gasteiger partial charge in [0.05, 0.1) is 11.5 Å². The summed E-state index contributed by atoms with van der Waals surface area (Å²) in [5.74, 6) is -0.996. The number of piperazine rings is 1. The fraction of sp³-hybridized carbons (Fsp3) is 0.533. The van der Waals surface area contributed by atoms with Crippen LogP contribution in [0.1, 0.15) is 6.42 Å². The summed E-state index contributed by atoms with van der Waals surface area (Å²) in [6.07, 6.45) is -0.124. The Bertz CT molecular complexity index is 626. The van der Waals surface area contributed by atoms with Crippen LogP contribution in [-0.4, -0.2) is 63.5 Å². The van der Waals surface area contributed by atoms with Crippen LogP contribution in [0.3, 0.4) is 0 Å². The SMILES string of the molecule is NC(=O)CCS(=O)(=O)CCN1CCN(c2ccc(F)cc2)CC1. The average molecular weight is 343 g/mol. The zero-order chi connectivity index (χ0) is 16.9. The number of hydrogen-bond acceptors (Lipinski definition) is 5. The number of carbonyl (C=O) groups is 1. The minimum absolute atomic E-state index is 0.0385. The number of hydrogen-bond donors (Lipinski definition) is 1. The van der Waals surface area contributed by atoms with Crippen molar-refractivity contribution < 1.29 is 17.6 Å². The first-order valence-corrected chi connectivity index (χ1v) is 9.39. The molecule has 1 heterocycles. The highest BCUT2D eigenvalue weighted by Crippen LogP contribution is 2.16. The third-order valence-corrected chi connectivity index (χ3v) is 5.57. The molecule has 8 heteroatoms. The smallest absolute Gasteiger partial charge is 0.218 e. The fourth-order valence-corrected chi connectivity index (χ4v) is 3.76. The Hall–Kier alpha value is -1.67. The fourth-order valence-electron chi connectivity index (χ4n) is 2.51. The van der Waals surface area contributed by atoms with Crippen LogP contribution < -0.4 is 10.6 Å². The number of amides is 1. The van der Waals surface area contributed by atoms with E-state index in [1.807, 2.05) is 0 Å². The number of rotatable bonds is 7. The normalized spacial score (nSPS) is 16.5. The summed E-state index contributed by atoms with van der Waals surface area (Å²) in [7, 11) is -3.24. The molecule has 1 aromatic carbocycles. The Kier molecular flexibility index (Phi) is 5.95. The van der Waals surface area contributed by atoms with E-state index in [1.165, 1.54) is 12.1 Å². The summed E-state index contributed by atoms with van der Waals surface area (Å²) >= 11 is 0. The molecule has 0 aliphatic carbocycles. The summed E-state index contributed by atoms with van der Waals surface area (Å²) < 4.78 is 36.6. The Morgan fingerprint density at radius 3 is 2.26 bits per heavy atom. The van der Waals surface area contributed by atoms with Gasteiger partial charge in [0, 0.05) is 44.8 Å². The number of sulfone groups is 1. The minimum Gasteiger partial charge on any atom is -0.370 e. The summed E-state index contributed by atoms with van der Waals surface area (Å²) in [5, 5.41) is 0. The van der Waals surface area contributed by atoms with Gasteiger partial charge in [-0.05, 0) is 24.3 Å². The zero-order valence-corrected chi connectivity index (χ0v) is 13.8. The van der Waals surface area contributed by atoms with Gasteiger partial charge < -0.3 is 10.6 Å².